The minimum Gasteiger partial charge on any atom is -0.444 e. The number of hydrogen-bond donors (Lipinski definition) is 4. The zero-order valence-electron chi connectivity index (χ0n) is 17.6. The summed E-state index contributed by atoms with van der Waals surface area (Å²) >= 11 is 0. The lowest BCUT2D eigenvalue weighted by Crippen LogP contribution is -2.40. The van der Waals surface area contributed by atoms with Crippen LogP contribution in [0.1, 0.15) is 38.4 Å². The Bertz CT molecular complexity index is 805. The first-order valence-corrected chi connectivity index (χ1v) is 9.77. The zero-order chi connectivity index (χ0) is 20.6. The van der Waals surface area contributed by atoms with Crippen molar-refractivity contribution < 1.29 is 9.53 Å². The zero-order valence-corrected chi connectivity index (χ0v) is 17.6. The van der Waals surface area contributed by atoms with E-state index in [0.717, 1.165) is 25.3 Å². The third kappa shape index (κ3) is 6.79. The molecule has 1 aromatic carbocycles. The average molecular weight is 388 g/mol. The number of fused-ring (bicyclic) bond motifs is 1. The lowest BCUT2D eigenvalue weighted by molar-refractivity contribution is 0.0527. The van der Waals surface area contributed by atoms with Gasteiger partial charge in [-0.1, -0.05) is 18.2 Å². The smallest absolute Gasteiger partial charge is 0.407 e. The predicted octanol–water partition coefficient (Wildman–Crippen LogP) is 3.10. The van der Waals surface area contributed by atoms with Gasteiger partial charge in [0.25, 0.3) is 0 Å². The summed E-state index contributed by atoms with van der Waals surface area (Å²) < 4.78 is 5.21. The van der Waals surface area contributed by atoms with E-state index in [1.807, 2.05) is 26.8 Å². The molecule has 154 valence electrons. The Morgan fingerprint density at radius 3 is 2.50 bits per heavy atom. The number of H-pyrrole nitrogens is 1. The molecule has 1 heterocycles. The first kappa shape index (κ1) is 21.6. The lowest BCUT2D eigenvalue weighted by Gasteiger charge is -2.19. The second-order valence-electron chi connectivity index (χ2n) is 7.73. The van der Waals surface area contributed by atoms with Gasteiger partial charge < -0.3 is 25.7 Å². The fourth-order valence-corrected chi connectivity index (χ4v) is 2.98. The van der Waals surface area contributed by atoms with Crippen molar-refractivity contribution in [1.82, 2.24) is 20.9 Å². The maximum Gasteiger partial charge on any atom is 0.407 e. The number of nitrogens with zero attached hydrogens (tertiary/aromatic N) is 1. The summed E-state index contributed by atoms with van der Waals surface area (Å²) in [6.07, 6.45) is 1.31. The maximum absolute atomic E-state index is 11.6. The summed E-state index contributed by atoms with van der Waals surface area (Å²) in [4.78, 5) is 19.3. The molecule has 1 aromatic heterocycles. The van der Waals surface area contributed by atoms with Crippen molar-refractivity contribution in [2.45, 2.75) is 46.1 Å². The monoisotopic (exact) mass is 387 g/mol. The number of carbonyl (C=O) groups is 1. The number of para-hydroxylation sites is 1. The molecule has 1 amide bonds. The van der Waals surface area contributed by atoms with Crippen molar-refractivity contribution in [3.05, 3.63) is 35.5 Å². The highest BCUT2D eigenvalue weighted by atomic mass is 16.6. The summed E-state index contributed by atoms with van der Waals surface area (Å²) in [6, 6.07) is 8.37. The number of aromatic amines is 1. The van der Waals surface area contributed by atoms with Crippen molar-refractivity contribution in [3.8, 4) is 0 Å². The number of aryl methyl sites for hydroxylation is 1. The van der Waals surface area contributed by atoms with Gasteiger partial charge in [0.15, 0.2) is 5.96 Å². The number of benzene rings is 1. The molecule has 7 nitrogen and oxygen atoms in total. The van der Waals surface area contributed by atoms with E-state index in [1.165, 1.54) is 22.2 Å². The molecular formula is C21H33N5O2. The van der Waals surface area contributed by atoms with E-state index in [-0.39, 0.29) is 6.09 Å². The van der Waals surface area contributed by atoms with E-state index in [1.54, 1.807) is 7.05 Å². The number of aliphatic imine (C=N–C) groups is 1. The molecule has 0 aliphatic carbocycles. The van der Waals surface area contributed by atoms with Crippen LogP contribution in [0.25, 0.3) is 10.9 Å². The molecule has 0 radical (unpaired) electrons. The third-order valence-electron chi connectivity index (χ3n) is 4.23. The number of aromatic nitrogens is 1. The normalized spacial score (nSPS) is 12.1. The largest absolute Gasteiger partial charge is 0.444 e. The highest BCUT2D eigenvalue weighted by Gasteiger charge is 2.15. The van der Waals surface area contributed by atoms with Crippen molar-refractivity contribution in [3.63, 3.8) is 0 Å². The van der Waals surface area contributed by atoms with Crippen molar-refractivity contribution >= 4 is 23.0 Å². The number of nitrogens with one attached hydrogen (secondary N) is 4. The highest BCUT2D eigenvalue weighted by Crippen LogP contribution is 2.21. The molecule has 2 aromatic rings. The second-order valence-corrected chi connectivity index (χ2v) is 7.73. The average Bonchev–Trinajstić information content (AvgIpc) is 2.94. The van der Waals surface area contributed by atoms with Crippen LogP contribution in [0.4, 0.5) is 4.79 Å². The number of hydrogen-bond acceptors (Lipinski definition) is 3. The topological polar surface area (TPSA) is 90.5 Å². The number of amides is 1. The molecule has 0 aliphatic rings. The van der Waals surface area contributed by atoms with Gasteiger partial charge in [-0.3, -0.25) is 4.99 Å². The molecule has 0 unspecified atom stereocenters. The number of alkyl carbamates (subject to hydrolysis) is 1. The quantitative estimate of drug-likeness (QED) is 0.334. The van der Waals surface area contributed by atoms with E-state index >= 15 is 0 Å². The minimum absolute atomic E-state index is 0.385. The van der Waals surface area contributed by atoms with Crippen molar-refractivity contribution in [2.24, 2.45) is 4.99 Å². The van der Waals surface area contributed by atoms with Gasteiger partial charge in [0.2, 0.25) is 0 Å². The molecule has 0 spiro atoms. The van der Waals surface area contributed by atoms with E-state index in [0.29, 0.717) is 13.1 Å². The van der Waals surface area contributed by atoms with E-state index in [4.69, 9.17) is 4.74 Å². The third-order valence-corrected chi connectivity index (χ3v) is 4.23. The van der Waals surface area contributed by atoms with Crippen LogP contribution in [-0.2, 0) is 11.2 Å². The molecule has 0 saturated heterocycles. The Hall–Kier alpha value is -2.70. The minimum atomic E-state index is -0.475. The summed E-state index contributed by atoms with van der Waals surface area (Å²) in [5.74, 6) is 0.759. The number of guanidine groups is 1. The van der Waals surface area contributed by atoms with Crippen LogP contribution in [0.15, 0.2) is 29.3 Å². The van der Waals surface area contributed by atoms with Gasteiger partial charge in [0.05, 0.1) is 0 Å². The van der Waals surface area contributed by atoms with Crippen LogP contribution in [0.2, 0.25) is 0 Å². The van der Waals surface area contributed by atoms with Crippen LogP contribution >= 0.6 is 0 Å². The Balaban J connectivity index is 1.68. The molecule has 0 fully saturated rings. The standard InChI is InChI=1S/C21H33N5O2/c1-15-16(17-9-6-7-10-18(17)26-15)11-14-24-19(22-5)23-12-8-13-25-20(27)28-21(2,3)4/h6-7,9-10,26H,8,11-14H2,1-5H3,(H,25,27)(H2,22,23,24). The summed E-state index contributed by atoms with van der Waals surface area (Å²) in [7, 11) is 1.76. The molecule has 28 heavy (non-hydrogen) atoms. The van der Waals surface area contributed by atoms with Gasteiger partial charge in [-0.2, -0.15) is 0 Å². The van der Waals surface area contributed by atoms with Gasteiger partial charge >= 0.3 is 6.09 Å². The summed E-state index contributed by atoms with van der Waals surface area (Å²) in [6.45, 7) is 9.71. The lowest BCUT2D eigenvalue weighted by atomic mass is 10.1. The number of ether oxygens (including phenoxy) is 1. The fourth-order valence-electron chi connectivity index (χ4n) is 2.98. The van der Waals surface area contributed by atoms with Gasteiger partial charge in [0, 0.05) is 43.3 Å². The molecule has 0 aliphatic heterocycles. The van der Waals surface area contributed by atoms with Crippen LogP contribution < -0.4 is 16.0 Å². The van der Waals surface area contributed by atoms with Crippen molar-refractivity contribution in [2.75, 3.05) is 26.7 Å². The van der Waals surface area contributed by atoms with Gasteiger partial charge in [0.1, 0.15) is 5.60 Å². The van der Waals surface area contributed by atoms with Crippen LogP contribution in [0.5, 0.6) is 0 Å². The first-order valence-electron chi connectivity index (χ1n) is 9.77. The second kappa shape index (κ2) is 10.0. The fraction of sp³-hybridized carbons (Fsp3) is 0.524. The molecule has 0 atom stereocenters. The maximum atomic E-state index is 11.6. The Morgan fingerprint density at radius 2 is 1.79 bits per heavy atom. The highest BCUT2D eigenvalue weighted by molar-refractivity contribution is 5.84. The van der Waals surface area contributed by atoms with Crippen LogP contribution in [0.3, 0.4) is 0 Å². The first-order chi connectivity index (χ1) is 13.3. The van der Waals surface area contributed by atoms with Gasteiger partial charge in [-0.05, 0) is 52.2 Å². The van der Waals surface area contributed by atoms with E-state index in [9.17, 15) is 4.79 Å². The summed E-state index contributed by atoms with van der Waals surface area (Å²) in [5.41, 5.74) is 3.24. The summed E-state index contributed by atoms with van der Waals surface area (Å²) in [5, 5.41) is 10.6. The molecular weight excluding hydrogens is 354 g/mol. The van der Waals surface area contributed by atoms with Gasteiger partial charge in [-0.15, -0.1) is 0 Å². The predicted molar refractivity (Wildman–Crippen MR) is 115 cm³/mol. The molecule has 0 bridgehead atoms. The van der Waals surface area contributed by atoms with Crippen LogP contribution in [-0.4, -0.2) is 49.3 Å². The van der Waals surface area contributed by atoms with Crippen molar-refractivity contribution in [1.29, 1.82) is 0 Å². The van der Waals surface area contributed by atoms with Gasteiger partial charge in [-0.25, -0.2) is 4.79 Å². The van der Waals surface area contributed by atoms with E-state index < -0.39 is 5.60 Å². The Labute approximate surface area is 167 Å². The molecule has 0 saturated carbocycles. The van der Waals surface area contributed by atoms with E-state index in [2.05, 4.69) is 51.0 Å². The molecule has 2 rings (SSSR count). The Morgan fingerprint density at radius 1 is 1.11 bits per heavy atom. The number of rotatable bonds is 7. The Kier molecular flexibility index (Phi) is 7.72. The number of carbonyl (C=O) groups excluding carboxylic acids is 1. The SMILES string of the molecule is CN=C(NCCCNC(=O)OC(C)(C)C)NCCc1c(C)[nH]c2ccccc12. The molecule has 7 heteroatoms. The van der Waals surface area contributed by atoms with Crippen LogP contribution in [0, 0.1) is 6.92 Å². The molecule has 4 N–H and O–H groups in total.